The van der Waals surface area contributed by atoms with E-state index >= 15 is 0 Å². The Labute approximate surface area is 140 Å². The van der Waals surface area contributed by atoms with Crippen LogP contribution in [0.5, 0.6) is 0 Å². The number of aryl methyl sites for hydroxylation is 1. The molecule has 5 nitrogen and oxygen atoms in total. The Balaban J connectivity index is 2.38. The molecule has 0 spiro atoms. The molecular formula is C18H31N3O2. The molecule has 5 heteroatoms. The van der Waals surface area contributed by atoms with Crippen LogP contribution in [-0.2, 0) is 0 Å². The lowest BCUT2D eigenvalue weighted by molar-refractivity contribution is -0.384. The number of nitro benzene ring substituents is 1. The lowest BCUT2D eigenvalue weighted by Gasteiger charge is -2.22. The van der Waals surface area contributed by atoms with Crippen LogP contribution in [0.3, 0.4) is 0 Å². The first-order valence-electron chi connectivity index (χ1n) is 8.79. The van der Waals surface area contributed by atoms with Crippen LogP contribution in [0.25, 0.3) is 0 Å². The van der Waals surface area contributed by atoms with E-state index in [4.69, 9.17) is 0 Å². The fraction of sp³-hybridized carbons (Fsp3) is 0.667. The number of hydrogen-bond acceptors (Lipinski definition) is 4. The molecule has 1 aromatic carbocycles. The number of anilines is 1. The van der Waals surface area contributed by atoms with Gasteiger partial charge in [-0.2, -0.15) is 0 Å². The van der Waals surface area contributed by atoms with Crippen molar-refractivity contribution in [1.82, 2.24) is 4.90 Å². The molecule has 0 heterocycles. The highest BCUT2D eigenvalue weighted by Gasteiger charge is 2.08. The molecule has 130 valence electrons. The summed E-state index contributed by atoms with van der Waals surface area (Å²) in [5.74, 6) is 0. The van der Waals surface area contributed by atoms with E-state index in [2.05, 4.69) is 24.1 Å². The molecule has 23 heavy (non-hydrogen) atoms. The van der Waals surface area contributed by atoms with Crippen molar-refractivity contribution in [3.8, 4) is 0 Å². The van der Waals surface area contributed by atoms with E-state index in [-0.39, 0.29) is 10.6 Å². The molecule has 0 amide bonds. The molecule has 0 unspecified atom stereocenters. The van der Waals surface area contributed by atoms with Gasteiger partial charge in [0, 0.05) is 24.4 Å². The largest absolute Gasteiger partial charge is 0.385 e. The van der Waals surface area contributed by atoms with Gasteiger partial charge in [0.05, 0.1) is 4.92 Å². The van der Waals surface area contributed by atoms with Gasteiger partial charge < -0.3 is 10.2 Å². The minimum Gasteiger partial charge on any atom is -0.385 e. The predicted octanol–water partition coefficient (Wildman–Crippen LogP) is 4.61. The molecule has 1 aromatic rings. The summed E-state index contributed by atoms with van der Waals surface area (Å²) in [6.07, 6.45) is 6.09. The van der Waals surface area contributed by atoms with Crippen molar-refractivity contribution < 1.29 is 4.92 Å². The van der Waals surface area contributed by atoms with E-state index in [0.29, 0.717) is 0 Å². The Hall–Kier alpha value is -1.62. The van der Waals surface area contributed by atoms with Gasteiger partial charge in [0.15, 0.2) is 0 Å². The second-order valence-electron chi connectivity index (χ2n) is 6.09. The van der Waals surface area contributed by atoms with Gasteiger partial charge in [-0.25, -0.2) is 0 Å². The first kappa shape index (κ1) is 19.4. The van der Waals surface area contributed by atoms with Crippen molar-refractivity contribution in [1.29, 1.82) is 0 Å². The monoisotopic (exact) mass is 321 g/mol. The number of unbranched alkanes of at least 4 members (excludes halogenated alkanes) is 2. The highest BCUT2D eigenvalue weighted by Crippen LogP contribution is 2.21. The molecule has 0 saturated heterocycles. The van der Waals surface area contributed by atoms with Crippen molar-refractivity contribution in [3.05, 3.63) is 33.9 Å². The standard InChI is InChI=1S/C18H31N3O2/c1-4-6-12-20(13-7-5-2)14-8-11-19-18-10-9-17(21(22)23)15-16(18)3/h9-10,15,19H,4-8,11-14H2,1-3H3. The van der Waals surface area contributed by atoms with Crippen LogP contribution in [0, 0.1) is 17.0 Å². The average molecular weight is 321 g/mol. The summed E-state index contributed by atoms with van der Waals surface area (Å²) >= 11 is 0. The smallest absolute Gasteiger partial charge is 0.269 e. The van der Waals surface area contributed by atoms with Crippen LogP contribution in [0.1, 0.15) is 51.5 Å². The Kier molecular flexibility index (Phi) is 9.29. The van der Waals surface area contributed by atoms with Gasteiger partial charge >= 0.3 is 0 Å². The number of nitro groups is 1. The summed E-state index contributed by atoms with van der Waals surface area (Å²) in [5, 5.41) is 14.1. The summed E-state index contributed by atoms with van der Waals surface area (Å²) in [5.41, 5.74) is 2.07. The van der Waals surface area contributed by atoms with Crippen molar-refractivity contribution in [2.24, 2.45) is 0 Å². The van der Waals surface area contributed by atoms with E-state index in [9.17, 15) is 10.1 Å². The van der Waals surface area contributed by atoms with Crippen LogP contribution >= 0.6 is 0 Å². The highest BCUT2D eigenvalue weighted by atomic mass is 16.6. The first-order valence-corrected chi connectivity index (χ1v) is 8.79. The molecule has 0 aromatic heterocycles. The number of nitrogens with one attached hydrogen (secondary N) is 1. The van der Waals surface area contributed by atoms with Crippen molar-refractivity contribution in [2.45, 2.75) is 52.9 Å². The highest BCUT2D eigenvalue weighted by molar-refractivity contribution is 5.55. The normalized spacial score (nSPS) is 11.0. The molecule has 0 radical (unpaired) electrons. The van der Waals surface area contributed by atoms with Gasteiger partial charge in [-0.15, -0.1) is 0 Å². The zero-order valence-electron chi connectivity index (χ0n) is 14.8. The van der Waals surface area contributed by atoms with E-state index in [1.54, 1.807) is 18.2 Å². The fourth-order valence-corrected chi connectivity index (χ4v) is 2.58. The number of nitrogens with zero attached hydrogens (tertiary/aromatic N) is 2. The van der Waals surface area contributed by atoms with Gasteiger partial charge in [-0.05, 0) is 57.5 Å². The predicted molar refractivity (Wildman–Crippen MR) is 97.2 cm³/mol. The number of benzene rings is 1. The zero-order chi connectivity index (χ0) is 17.1. The van der Waals surface area contributed by atoms with Gasteiger partial charge in [0.1, 0.15) is 0 Å². The van der Waals surface area contributed by atoms with Crippen LogP contribution in [0.4, 0.5) is 11.4 Å². The summed E-state index contributed by atoms with van der Waals surface area (Å²) in [6, 6.07) is 4.99. The second-order valence-corrected chi connectivity index (χ2v) is 6.09. The van der Waals surface area contributed by atoms with Crippen molar-refractivity contribution in [3.63, 3.8) is 0 Å². The van der Waals surface area contributed by atoms with E-state index in [1.807, 2.05) is 6.92 Å². The molecule has 0 aliphatic heterocycles. The number of hydrogen-bond donors (Lipinski definition) is 1. The Bertz CT molecular complexity index is 469. The van der Waals surface area contributed by atoms with Gasteiger partial charge in [-0.3, -0.25) is 10.1 Å². The topological polar surface area (TPSA) is 58.4 Å². The Morgan fingerprint density at radius 3 is 2.22 bits per heavy atom. The van der Waals surface area contributed by atoms with Crippen LogP contribution in [0.15, 0.2) is 18.2 Å². The fourth-order valence-electron chi connectivity index (χ4n) is 2.58. The number of rotatable bonds is 12. The van der Waals surface area contributed by atoms with Crippen molar-refractivity contribution in [2.75, 3.05) is 31.5 Å². The first-order chi connectivity index (χ1) is 11.1. The quantitative estimate of drug-likeness (QED) is 0.347. The van der Waals surface area contributed by atoms with Crippen LogP contribution < -0.4 is 5.32 Å². The average Bonchev–Trinajstić information content (AvgIpc) is 2.54. The number of non-ortho nitro benzene ring substituents is 1. The summed E-state index contributed by atoms with van der Waals surface area (Å²) in [6.45, 7) is 10.8. The SMILES string of the molecule is CCCCN(CCCC)CCCNc1ccc([N+](=O)[O-])cc1C. The lowest BCUT2D eigenvalue weighted by atomic mass is 10.1. The molecule has 0 aliphatic carbocycles. The van der Waals surface area contributed by atoms with Crippen LogP contribution in [0.2, 0.25) is 0 Å². The molecule has 0 fully saturated rings. The third-order valence-electron chi connectivity index (χ3n) is 4.04. The molecule has 0 saturated carbocycles. The van der Waals surface area contributed by atoms with E-state index in [1.165, 1.54) is 38.8 Å². The summed E-state index contributed by atoms with van der Waals surface area (Å²) < 4.78 is 0. The maximum atomic E-state index is 10.8. The maximum Gasteiger partial charge on any atom is 0.269 e. The van der Waals surface area contributed by atoms with Crippen LogP contribution in [-0.4, -0.2) is 36.0 Å². The molecular weight excluding hydrogens is 290 g/mol. The molecule has 0 bridgehead atoms. The second kappa shape index (κ2) is 11.0. The maximum absolute atomic E-state index is 10.8. The third-order valence-corrected chi connectivity index (χ3v) is 4.04. The van der Waals surface area contributed by atoms with Crippen molar-refractivity contribution >= 4 is 11.4 Å². The van der Waals surface area contributed by atoms with Gasteiger partial charge in [0.2, 0.25) is 0 Å². The molecule has 1 rings (SSSR count). The molecule has 1 N–H and O–H groups in total. The zero-order valence-corrected chi connectivity index (χ0v) is 14.8. The summed E-state index contributed by atoms with van der Waals surface area (Å²) in [4.78, 5) is 13.0. The molecule has 0 atom stereocenters. The lowest BCUT2D eigenvalue weighted by Crippen LogP contribution is -2.28. The third kappa shape index (κ3) is 7.46. The van der Waals surface area contributed by atoms with Gasteiger partial charge in [-0.1, -0.05) is 26.7 Å². The Morgan fingerprint density at radius 1 is 1.09 bits per heavy atom. The minimum absolute atomic E-state index is 0.151. The van der Waals surface area contributed by atoms with Gasteiger partial charge in [0.25, 0.3) is 5.69 Å². The minimum atomic E-state index is -0.351. The summed E-state index contributed by atoms with van der Waals surface area (Å²) in [7, 11) is 0. The van der Waals surface area contributed by atoms with E-state index < -0.39 is 0 Å². The molecule has 0 aliphatic rings. The Morgan fingerprint density at radius 2 is 1.70 bits per heavy atom. The van der Waals surface area contributed by atoms with E-state index in [0.717, 1.165) is 30.8 Å².